The number of fused-ring (bicyclic) bond motifs is 1. The van der Waals surface area contributed by atoms with Crippen LogP contribution < -0.4 is 5.32 Å². The molecule has 1 aromatic carbocycles. The van der Waals surface area contributed by atoms with Crippen LogP contribution in [0.3, 0.4) is 0 Å². The van der Waals surface area contributed by atoms with E-state index in [4.69, 9.17) is 0 Å². The van der Waals surface area contributed by atoms with Gasteiger partial charge in [0.05, 0.1) is 17.3 Å². The molecule has 1 aliphatic rings. The van der Waals surface area contributed by atoms with E-state index in [0.717, 1.165) is 35.5 Å². The van der Waals surface area contributed by atoms with Crippen molar-refractivity contribution in [2.75, 3.05) is 11.9 Å². The van der Waals surface area contributed by atoms with Gasteiger partial charge < -0.3 is 5.32 Å². The molecule has 4 heteroatoms. The van der Waals surface area contributed by atoms with Crippen molar-refractivity contribution in [3.8, 4) is 17.2 Å². The largest absolute Gasteiger partial charge is 0.384 e. The summed E-state index contributed by atoms with van der Waals surface area (Å²) in [5, 5.41) is 19.5. The molecule has 17 heavy (non-hydrogen) atoms. The van der Waals surface area contributed by atoms with E-state index in [-0.39, 0.29) is 0 Å². The molecule has 1 aromatic heterocycles. The van der Waals surface area contributed by atoms with E-state index in [9.17, 15) is 5.26 Å². The van der Waals surface area contributed by atoms with Gasteiger partial charge in [0.2, 0.25) is 0 Å². The van der Waals surface area contributed by atoms with Crippen molar-refractivity contribution >= 4 is 5.69 Å². The highest BCUT2D eigenvalue weighted by atomic mass is 15.1. The molecule has 0 saturated carbocycles. The molecule has 0 spiro atoms. The Morgan fingerprint density at radius 3 is 2.94 bits per heavy atom. The van der Waals surface area contributed by atoms with Crippen LogP contribution in [0.1, 0.15) is 16.8 Å². The Morgan fingerprint density at radius 2 is 2.24 bits per heavy atom. The number of aromatic nitrogens is 2. The normalized spacial score (nSPS) is 12.9. The fourth-order valence-corrected chi connectivity index (χ4v) is 2.29. The van der Waals surface area contributed by atoms with E-state index in [0.29, 0.717) is 5.56 Å². The van der Waals surface area contributed by atoms with E-state index >= 15 is 0 Å². The molecule has 2 N–H and O–H groups in total. The zero-order valence-corrected chi connectivity index (χ0v) is 9.54. The van der Waals surface area contributed by atoms with Gasteiger partial charge in [0, 0.05) is 29.6 Å². The van der Waals surface area contributed by atoms with E-state index < -0.39 is 0 Å². The van der Waals surface area contributed by atoms with Crippen LogP contribution in [0.5, 0.6) is 0 Å². The summed E-state index contributed by atoms with van der Waals surface area (Å²) in [4.78, 5) is 0. The average Bonchev–Trinajstić information content (AvgIpc) is 2.94. The highest BCUT2D eigenvalue weighted by molar-refractivity contribution is 5.77. The molecule has 0 atom stereocenters. The monoisotopic (exact) mass is 224 g/mol. The number of nitrogens with one attached hydrogen (secondary N) is 2. The molecule has 3 rings (SSSR count). The molecule has 2 aromatic rings. The highest BCUT2D eigenvalue weighted by Gasteiger charge is 2.16. The van der Waals surface area contributed by atoms with Crippen LogP contribution in [-0.2, 0) is 6.42 Å². The van der Waals surface area contributed by atoms with E-state index in [1.54, 1.807) is 0 Å². The predicted molar refractivity (Wildman–Crippen MR) is 65.7 cm³/mol. The van der Waals surface area contributed by atoms with Gasteiger partial charge in [-0.3, -0.25) is 5.10 Å². The summed E-state index contributed by atoms with van der Waals surface area (Å²) >= 11 is 0. The van der Waals surface area contributed by atoms with Gasteiger partial charge >= 0.3 is 0 Å². The number of nitriles is 1. The van der Waals surface area contributed by atoms with Gasteiger partial charge in [0.1, 0.15) is 0 Å². The van der Waals surface area contributed by atoms with Crippen LogP contribution >= 0.6 is 0 Å². The molecule has 0 fully saturated rings. The molecular weight excluding hydrogens is 212 g/mol. The molecule has 0 aliphatic carbocycles. The van der Waals surface area contributed by atoms with Gasteiger partial charge in [-0.05, 0) is 31.0 Å². The first kappa shape index (κ1) is 9.91. The molecule has 0 bridgehead atoms. The molecule has 0 radical (unpaired) electrons. The standard InChI is InChI=1S/C13H12N4/c1-8-12(7-16-17-8)11-4-9-2-3-15-13(9)5-10(11)6-14/h4-5,7,15H,2-3H2,1H3,(H,16,17). The number of anilines is 1. The van der Waals surface area contributed by atoms with Crippen LogP contribution in [0.15, 0.2) is 18.3 Å². The summed E-state index contributed by atoms with van der Waals surface area (Å²) in [5.41, 5.74) is 5.97. The fraction of sp³-hybridized carbons (Fsp3) is 0.231. The Hall–Kier alpha value is -2.28. The Morgan fingerprint density at radius 1 is 1.35 bits per heavy atom. The summed E-state index contributed by atoms with van der Waals surface area (Å²) in [7, 11) is 0. The van der Waals surface area contributed by atoms with E-state index in [1.807, 2.05) is 19.2 Å². The number of hydrogen-bond donors (Lipinski definition) is 2. The fourth-order valence-electron chi connectivity index (χ4n) is 2.29. The van der Waals surface area contributed by atoms with Gasteiger partial charge in [0.25, 0.3) is 0 Å². The summed E-state index contributed by atoms with van der Waals surface area (Å²) < 4.78 is 0. The van der Waals surface area contributed by atoms with Crippen LogP contribution in [0.4, 0.5) is 5.69 Å². The number of hydrogen-bond acceptors (Lipinski definition) is 3. The van der Waals surface area contributed by atoms with Crippen molar-refractivity contribution in [2.24, 2.45) is 0 Å². The number of H-pyrrole nitrogens is 1. The molecule has 0 saturated heterocycles. The van der Waals surface area contributed by atoms with Gasteiger partial charge in [0.15, 0.2) is 0 Å². The summed E-state index contributed by atoms with van der Waals surface area (Å²) in [5.74, 6) is 0. The summed E-state index contributed by atoms with van der Waals surface area (Å²) in [6, 6.07) is 6.30. The van der Waals surface area contributed by atoms with Crippen molar-refractivity contribution in [2.45, 2.75) is 13.3 Å². The minimum Gasteiger partial charge on any atom is -0.384 e. The molecule has 0 amide bonds. The third-order valence-electron chi connectivity index (χ3n) is 3.19. The SMILES string of the molecule is Cc1n[nH]cc1-c1cc2c(cc1C#N)NCC2. The molecule has 4 nitrogen and oxygen atoms in total. The van der Waals surface area contributed by atoms with Gasteiger partial charge in [-0.2, -0.15) is 10.4 Å². The molecule has 2 heterocycles. The van der Waals surface area contributed by atoms with Crippen LogP contribution in [0.2, 0.25) is 0 Å². The molecule has 0 unspecified atom stereocenters. The average molecular weight is 224 g/mol. The number of nitrogens with zero attached hydrogens (tertiary/aromatic N) is 2. The van der Waals surface area contributed by atoms with Crippen molar-refractivity contribution < 1.29 is 0 Å². The Kier molecular flexibility index (Phi) is 2.12. The first-order valence-electron chi connectivity index (χ1n) is 5.61. The zero-order valence-electron chi connectivity index (χ0n) is 9.54. The first-order chi connectivity index (χ1) is 8.29. The predicted octanol–water partition coefficient (Wildman–Crippen LogP) is 2.22. The summed E-state index contributed by atoms with van der Waals surface area (Å²) in [6.07, 6.45) is 2.87. The lowest BCUT2D eigenvalue weighted by Gasteiger charge is -2.06. The second-order valence-corrected chi connectivity index (χ2v) is 4.23. The Labute approximate surface area is 99.3 Å². The third-order valence-corrected chi connectivity index (χ3v) is 3.19. The van der Waals surface area contributed by atoms with E-state index in [2.05, 4.69) is 27.6 Å². The lowest BCUT2D eigenvalue weighted by Crippen LogP contribution is -1.92. The van der Waals surface area contributed by atoms with Gasteiger partial charge in [-0.1, -0.05) is 0 Å². The van der Waals surface area contributed by atoms with Crippen molar-refractivity contribution in [1.29, 1.82) is 5.26 Å². The van der Waals surface area contributed by atoms with Crippen molar-refractivity contribution in [1.82, 2.24) is 10.2 Å². The number of rotatable bonds is 1. The van der Waals surface area contributed by atoms with Crippen molar-refractivity contribution in [3.05, 3.63) is 35.2 Å². The molecule has 1 aliphatic heterocycles. The highest BCUT2D eigenvalue weighted by Crippen LogP contribution is 2.32. The Bertz CT molecular complexity index is 619. The second-order valence-electron chi connectivity index (χ2n) is 4.23. The lowest BCUT2D eigenvalue weighted by molar-refractivity contribution is 1.05. The lowest BCUT2D eigenvalue weighted by atomic mass is 9.97. The Balaban J connectivity index is 2.23. The van der Waals surface area contributed by atoms with Crippen LogP contribution in [0.25, 0.3) is 11.1 Å². The van der Waals surface area contributed by atoms with Gasteiger partial charge in [-0.25, -0.2) is 0 Å². The van der Waals surface area contributed by atoms with Crippen molar-refractivity contribution in [3.63, 3.8) is 0 Å². The minimum atomic E-state index is 0.697. The smallest absolute Gasteiger partial charge is 0.0998 e. The third kappa shape index (κ3) is 1.48. The van der Waals surface area contributed by atoms with Gasteiger partial charge in [-0.15, -0.1) is 0 Å². The maximum Gasteiger partial charge on any atom is 0.0998 e. The van der Waals surface area contributed by atoms with Crippen LogP contribution in [0, 0.1) is 18.3 Å². The zero-order chi connectivity index (χ0) is 11.8. The maximum atomic E-state index is 9.23. The first-order valence-corrected chi connectivity index (χ1v) is 5.61. The molecular formula is C13H12N4. The van der Waals surface area contributed by atoms with Crippen LogP contribution in [-0.4, -0.2) is 16.7 Å². The topological polar surface area (TPSA) is 64.5 Å². The minimum absolute atomic E-state index is 0.697. The second kappa shape index (κ2) is 3.63. The number of aromatic amines is 1. The number of aryl methyl sites for hydroxylation is 1. The molecule has 84 valence electrons. The number of benzene rings is 1. The maximum absolute atomic E-state index is 9.23. The quantitative estimate of drug-likeness (QED) is 0.780. The van der Waals surface area contributed by atoms with E-state index in [1.165, 1.54) is 5.56 Å². The summed E-state index contributed by atoms with van der Waals surface area (Å²) in [6.45, 7) is 2.90.